The maximum atomic E-state index is 10.8. The fraction of sp³-hybridized carbons (Fsp3) is 0.750. The van der Waals surface area contributed by atoms with E-state index in [0.717, 1.165) is 12.8 Å². The molecular weight excluding hydrogens is 382 g/mol. The number of ketones is 2. The first-order valence-electron chi connectivity index (χ1n) is 3.86. The van der Waals surface area contributed by atoms with Gasteiger partial charge in [-0.2, -0.15) is 0 Å². The molecule has 0 aromatic heterocycles. The Balaban J connectivity index is 3.21. The molecule has 0 atom stereocenters. The third kappa shape index (κ3) is 7.45. The Morgan fingerprint density at radius 1 is 0.833 bits per heavy atom. The Hall–Kier alpha value is 0.800. The normalized spacial score (nSPS) is 9.83. The lowest BCUT2D eigenvalue weighted by atomic mass is 10.1. The molecular formula is C8H12I2O2. The van der Waals surface area contributed by atoms with Crippen molar-refractivity contribution in [2.45, 2.75) is 25.7 Å². The van der Waals surface area contributed by atoms with Gasteiger partial charge in [-0.05, 0) is 12.8 Å². The van der Waals surface area contributed by atoms with E-state index in [1.54, 1.807) is 0 Å². The summed E-state index contributed by atoms with van der Waals surface area (Å²) < 4.78 is 1.19. The number of halogens is 2. The van der Waals surface area contributed by atoms with Crippen LogP contribution in [0, 0.1) is 0 Å². The number of hydrogen-bond donors (Lipinski definition) is 0. The first kappa shape index (κ1) is 12.8. The van der Waals surface area contributed by atoms with Gasteiger partial charge >= 0.3 is 0 Å². The molecule has 0 aliphatic carbocycles. The van der Waals surface area contributed by atoms with Crippen LogP contribution < -0.4 is 0 Å². The third-order valence-corrected chi connectivity index (χ3v) is 3.16. The molecule has 0 aliphatic rings. The van der Waals surface area contributed by atoms with Crippen LogP contribution in [0.3, 0.4) is 0 Å². The van der Waals surface area contributed by atoms with Gasteiger partial charge in [-0.1, -0.05) is 45.2 Å². The number of unbranched alkanes of at least 4 members (excludes halogenated alkanes) is 1. The van der Waals surface area contributed by atoms with Crippen LogP contribution in [0.25, 0.3) is 0 Å². The van der Waals surface area contributed by atoms with Gasteiger partial charge in [-0.25, -0.2) is 0 Å². The molecule has 4 heteroatoms. The second kappa shape index (κ2) is 8.40. The van der Waals surface area contributed by atoms with Crippen molar-refractivity contribution in [1.82, 2.24) is 0 Å². The van der Waals surface area contributed by atoms with Gasteiger partial charge in [0.05, 0.1) is 8.86 Å². The second-order valence-electron chi connectivity index (χ2n) is 2.55. The Labute approximate surface area is 100 Å². The third-order valence-electron chi connectivity index (χ3n) is 1.46. The van der Waals surface area contributed by atoms with Crippen molar-refractivity contribution in [3.05, 3.63) is 0 Å². The zero-order chi connectivity index (χ0) is 9.40. The van der Waals surface area contributed by atoms with Crippen LogP contribution in [0.5, 0.6) is 0 Å². The van der Waals surface area contributed by atoms with Crippen molar-refractivity contribution in [2.75, 3.05) is 8.86 Å². The maximum Gasteiger partial charge on any atom is 0.142 e. The summed E-state index contributed by atoms with van der Waals surface area (Å²) in [5.74, 6) is 0.579. The zero-order valence-corrected chi connectivity index (χ0v) is 11.1. The molecule has 0 rings (SSSR count). The molecule has 0 amide bonds. The van der Waals surface area contributed by atoms with Crippen molar-refractivity contribution < 1.29 is 9.59 Å². The molecule has 0 aromatic rings. The van der Waals surface area contributed by atoms with Crippen LogP contribution in [0.1, 0.15) is 25.7 Å². The largest absolute Gasteiger partial charge is 0.299 e. The van der Waals surface area contributed by atoms with Crippen LogP contribution >= 0.6 is 45.2 Å². The van der Waals surface area contributed by atoms with Gasteiger partial charge in [0.15, 0.2) is 0 Å². The van der Waals surface area contributed by atoms with Gasteiger partial charge in [-0.3, -0.25) is 9.59 Å². The van der Waals surface area contributed by atoms with Gasteiger partial charge in [0, 0.05) is 12.8 Å². The molecule has 2 nitrogen and oxygen atoms in total. The highest BCUT2D eigenvalue weighted by Crippen LogP contribution is 2.03. The molecule has 0 N–H and O–H groups in total. The monoisotopic (exact) mass is 394 g/mol. The molecule has 0 heterocycles. The Morgan fingerprint density at radius 2 is 1.17 bits per heavy atom. The van der Waals surface area contributed by atoms with E-state index in [4.69, 9.17) is 0 Å². The highest BCUT2D eigenvalue weighted by atomic mass is 127. The lowest BCUT2D eigenvalue weighted by Crippen LogP contribution is -2.01. The number of carbonyl (C=O) groups excluding carboxylic acids is 2. The highest BCUT2D eigenvalue weighted by molar-refractivity contribution is 14.1. The van der Waals surface area contributed by atoms with Gasteiger partial charge in [-0.15, -0.1) is 0 Å². The second-order valence-corrected chi connectivity index (χ2v) is 4.08. The first-order valence-corrected chi connectivity index (χ1v) is 6.91. The minimum atomic E-state index is 0.289. The minimum absolute atomic E-state index is 0.289. The fourth-order valence-electron chi connectivity index (χ4n) is 0.778. The molecule has 0 unspecified atom stereocenters. The quantitative estimate of drug-likeness (QED) is 0.378. The van der Waals surface area contributed by atoms with Gasteiger partial charge in [0.25, 0.3) is 0 Å². The van der Waals surface area contributed by atoms with Crippen molar-refractivity contribution in [2.24, 2.45) is 0 Å². The van der Waals surface area contributed by atoms with Crippen LogP contribution in [0.2, 0.25) is 0 Å². The highest BCUT2D eigenvalue weighted by Gasteiger charge is 2.01. The molecule has 0 saturated carbocycles. The van der Waals surface area contributed by atoms with Crippen LogP contribution in [-0.4, -0.2) is 20.4 Å². The molecule has 0 aliphatic heterocycles. The molecule has 0 spiro atoms. The maximum absolute atomic E-state index is 10.8. The number of Topliss-reactive ketones (excluding diaryl/α,β-unsaturated/α-hetero) is 2. The lowest BCUT2D eigenvalue weighted by Gasteiger charge is -1.96. The van der Waals surface area contributed by atoms with Crippen LogP contribution in [0.15, 0.2) is 0 Å². The molecule has 0 aromatic carbocycles. The van der Waals surface area contributed by atoms with E-state index < -0.39 is 0 Å². The fourth-order valence-corrected chi connectivity index (χ4v) is 1.54. The molecule has 0 saturated heterocycles. The number of rotatable bonds is 7. The Bertz CT molecular complexity index is 139. The van der Waals surface area contributed by atoms with E-state index in [9.17, 15) is 9.59 Å². The van der Waals surface area contributed by atoms with E-state index in [-0.39, 0.29) is 11.6 Å². The zero-order valence-electron chi connectivity index (χ0n) is 6.82. The van der Waals surface area contributed by atoms with Crippen molar-refractivity contribution in [1.29, 1.82) is 0 Å². The first-order chi connectivity index (χ1) is 5.70. The number of hydrogen-bond acceptors (Lipinski definition) is 2. The average molecular weight is 394 g/mol. The predicted molar refractivity (Wildman–Crippen MR) is 66.3 cm³/mol. The van der Waals surface area contributed by atoms with E-state index in [1.807, 2.05) is 0 Å². The van der Waals surface area contributed by atoms with Crippen molar-refractivity contribution in [3.63, 3.8) is 0 Å². The van der Waals surface area contributed by atoms with Crippen molar-refractivity contribution in [3.8, 4) is 0 Å². The van der Waals surface area contributed by atoms with Crippen molar-refractivity contribution >= 4 is 56.7 Å². The number of alkyl halides is 2. The lowest BCUT2D eigenvalue weighted by molar-refractivity contribution is -0.118. The topological polar surface area (TPSA) is 34.1 Å². The Kier molecular flexibility index (Phi) is 8.96. The molecule has 0 radical (unpaired) electrons. The van der Waals surface area contributed by atoms with E-state index in [0.29, 0.717) is 21.7 Å². The Morgan fingerprint density at radius 3 is 1.42 bits per heavy atom. The van der Waals surface area contributed by atoms with Crippen LogP contribution in [-0.2, 0) is 9.59 Å². The smallest absolute Gasteiger partial charge is 0.142 e. The molecule has 0 bridgehead atoms. The SMILES string of the molecule is O=C(CI)CCCCC(=O)CI. The summed E-state index contributed by atoms with van der Waals surface area (Å²) in [5.41, 5.74) is 0. The average Bonchev–Trinajstić information content (AvgIpc) is 2.11. The molecule has 70 valence electrons. The van der Waals surface area contributed by atoms with Crippen LogP contribution in [0.4, 0.5) is 0 Å². The summed E-state index contributed by atoms with van der Waals surface area (Å²) in [5, 5.41) is 0. The molecule has 12 heavy (non-hydrogen) atoms. The number of carbonyl (C=O) groups is 2. The van der Waals surface area contributed by atoms with Gasteiger partial charge in [0.1, 0.15) is 11.6 Å². The summed E-state index contributed by atoms with van der Waals surface area (Å²) in [4.78, 5) is 21.7. The molecule has 0 fully saturated rings. The summed E-state index contributed by atoms with van der Waals surface area (Å²) >= 11 is 4.14. The minimum Gasteiger partial charge on any atom is -0.299 e. The summed E-state index contributed by atoms with van der Waals surface area (Å²) in [6, 6.07) is 0. The van der Waals surface area contributed by atoms with E-state index >= 15 is 0 Å². The summed E-state index contributed by atoms with van der Waals surface area (Å²) in [6.07, 6.45) is 3.00. The van der Waals surface area contributed by atoms with Gasteiger partial charge in [0.2, 0.25) is 0 Å². The van der Waals surface area contributed by atoms with E-state index in [2.05, 4.69) is 45.2 Å². The summed E-state index contributed by atoms with van der Waals surface area (Å²) in [6.45, 7) is 0. The van der Waals surface area contributed by atoms with Gasteiger partial charge < -0.3 is 0 Å². The predicted octanol–water partition coefficient (Wildman–Crippen LogP) is 2.56. The van der Waals surface area contributed by atoms with E-state index in [1.165, 1.54) is 0 Å². The summed E-state index contributed by atoms with van der Waals surface area (Å²) in [7, 11) is 0. The standard InChI is InChI=1S/C8H12I2O2/c9-5-7(11)3-1-2-4-8(12)6-10/h1-6H2.